The summed E-state index contributed by atoms with van der Waals surface area (Å²) in [4.78, 5) is 12.1. The summed E-state index contributed by atoms with van der Waals surface area (Å²) in [5.41, 5.74) is 8.12. The second kappa shape index (κ2) is 5.78. The van der Waals surface area contributed by atoms with Crippen molar-refractivity contribution in [1.29, 1.82) is 0 Å². The molecule has 1 aromatic heterocycles. The predicted molar refractivity (Wildman–Crippen MR) is 77.2 cm³/mol. The predicted octanol–water partition coefficient (Wildman–Crippen LogP) is 3.20. The summed E-state index contributed by atoms with van der Waals surface area (Å²) >= 11 is 0. The Bertz CT molecular complexity index is 587. The first-order valence-corrected chi connectivity index (χ1v) is 6.74. The van der Waals surface area contributed by atoms with Gasteiger partial charge >= 0.3 is 5.97 Å². The number of ether oxygens (including phenoxy) is 1. The molecular formula is C15H20N2O2. The number of anilines is 1. The molecule has 0 aliphatic heterocycles. The Balaban J connectivity index is 2.58. The van der Waals surface area contributed by atoms with Gasteiger partial charge in [-0.1, -0.05) is 31.5 Å². The number of aryl methyl sites for hydroxylation is 1. The molecule has 0 bridgehead atoms. The van der Waals surface area contributed by atoms with Crippen molar-refractivity contribution < 1.29 is 9.53 Å². The smallest absolute Gasteiger partial charge is 0.357 e. The van der Waals surface area contributed by atoms with Crippen LogP contribution in [-0.4, -0.2) is 17.1 Å². The molecule has 2 rings (SSSR count). The van der Waals surface area contributed by atoms with Crippen molar-refractivity contribution >= 4 is 22.6 Å². The van der Waals surface area contributed by atoms with E-state index in [-0.39, 0.29) is 5.97 Å². The Morgan fingerprint density at radius 1 is 1.32 bits per heavy atom. The van der Waals surface area contributed by atoms with Crippen LogP contribution in [0.15, 0.2) is 24.3 Å². The largest absolute Gasteiger partial charge is 0.461 e. The zero-order chi connectivity index (χ0) is 13.8. The van der Waals surface area contributed by atoms with Crippen molar-refractivity contribution in [3.8, 4) is 0 Å². The minimum absolute atomic E-state index is 0.340. The lowest BCUT2D eigenvalue weighted by atomic mass is 10.2. The highest BCUT2D eigenvalue weighted by atomic mass is 16.5. The van der Waals surface area contributed by atoms with Gasteiger partial charge in [0, 0.05) is 11.9 Å². The van der Waals surface area contributed by atoms with E-state index in [4.69, 9.17) is 10.5 Å². The molecule has 102 valence electrons. The van der Waals surface area contributed by atoms with Crippen molar-refractivity contribution in [2.75, 3.05) is 12.3 Å². The summed E-state index contributed by atoms with van der Waals surface area (Å²) in [6.07, 6.45) is 2.07. The Hall–Kier alpha value is -1.97. The van der Waals surface area contributed by atoms with Gasteiger partial charge in [0.1, 0.15) is 0 Å². The number of carbonyl (C=O) groups excluding carboxylic acids is 1. The lowest BCUT2D eigenvalue weighted by Crippen LogP contribution is -2.14. The number of fused-ring (bicyclic) bond motifs is 1. The summed E-state index contributed by atoms with van der Waals surface area (Å²) < 4.78 is 7.10. The standard InChI is InChI=1S/C15H20N2O2/c1-3-5-10-17-12-9-7-6-8-11(12)13(16)14(17)15(18)19-4-2/h6-9H,3-5,10,16H2,1-2H3. The fraction of sp³-hybridized carbons (Fsp3) is 0.400. The first-order valence-electron chi connectivity index (χ1n) is 6.74. The number of carbonyl (C=O) groups is 1. The maximum Gasteiger partial charge on any atom is 0.357 e. The number of nitrogen functional groups attached to an aromatic ring is 1. The van der Waals surface area contributed by atoms with E-state index < -0.39 is 0 Å². The van der Waals surface area contributed by atoms with E-state index in [0.29, 0.717) is 18.0 Å². The minimum atomic E-state index is -0.340. The molecule has 1 aromatic carbocycles. The second-order valence-electron chi connectivity index (χ2n) is 4.51. The van der Waals surface area contributed by atoms with Crippen LogP contribution in [0.3, 0.4) is 0 Å². The van der Waals surface area contributed by atoms with Gasteiger partial charge in [0.05, 0.1) is 17.8 Å². The fourth-order valence-electron chi connectivity index (χ4n) is 2.30. The Labute approximate surface area is 113 Å². The van der Waals surface area contributed by atoms with Crippen LogP contribution >= 0.6 is 0 Å². The lowest BCUT2D eigenvalue weighted by Gasteiger charge is -2.09. The van der Waals surface area contributed by atoms with Gasteiger partial charge in [0.25, 0.3) is 0 Å². The molecule has 0 saturated heterocycles. The molecule has 0 unspecified atom stereocenters. The van der Waals surface area contributed by atoms with E-state index in [1.807, 2.05) is 28.8 Å². The number of aromatic nitrogens is 1. The van der Waals surface area contributed by atoms with E-state index in [0.717, 1.165) is 30.3 Å². The van der Waals surface area contributed by atoms with Crippen LogP contribution < -0.4 is 5.73 Å². The van der Waals surface area contributed by atoms with Crippen molar-refractivity contribution in [3.63, 3.8) is 0 Å². The van der Waals surface area contributed by atoms with E-state index in [2.05, 4.69) is 6.92 Å². The highest BCUT2D eigenvalue weighted by Gasteiger charge is 2.21. The third kappa shape index (κ3) is 2.43. The number of rotatable bonds is 5. The molecule has 4 nitrogen and oxygen atoms in total. The zero-order valence-electron chi connectivity index (χ0n) is 11.5. The van der Waals surface area contributed by atoms with Crippen LogP contribution in [0, 0.1) is 0 Å². The van der Waals surface area contributed by atoms with E-state index >= 15 is 0 Å². The summed E-state index contributed by atoms with van der Waals surface area (Å²) in [5, 5.41) is 0.918. The highest BCUT2D eigenvalue weighted by Crippen LogP contribution is 2.29. The van der Waals surface area contributed by atoms with Crippen LogP contribution in [0.1, 0.15) is 37.2 Å². The van der Waals surface area contributed by atoms with Gasteiger partial charge < -0.3 is 15.0 Å². The number of nitrogens with zero attached hydrogens (tertiary/aromatic N) is 1. The third-order valence-electron chi connectivity index (χ3n) is 3.21. The van der Waals surface area contributed by atoms with Gasteiger partial charge in [-0.3, -0.25) is 0 Å². The second-order valence-corrected chi connectivity index (χ2v) is 4.51. The minimum Gasteiger partial charge on any atom is -0.461 e. The van der Waals surface area contributed by atoms with Crippen molar-refractivity contribution in [2.24, 2.45) is 0 Å². The number of hydrogen-bond acceptors (Lipinski definition) is 3. The summed E-state index contributed by atoms with van der Waals surface area (Å²) in [6.45, 7) is 5.06. The zero-order valence-corrected chi connectivity index (χ0v) is 11.5. The summed E-state index contributed by atoms with van der Waals surface area (Å²) in [6, 6.07) is 7.82. The highest BCUT2D eigenvalue weighted by molar-refractivity contribution is 6.06. The van der Waals surface area contributed by atoms with Crippen molar-refractivity contribution in [1.82, 2.24) is 4.57 Å². The van der Waals surface area contributed by atoms with Gasteiger partial charge in [-0.2, -0.15) is 0 Å². The average molecular weight is 260 g/mol. The molecule has 0 radical (unpaired) electrons. The van der Waals surface area contributed by atoms with Crippen LogP contribution in [0.5, 0.6) is 0 Å². The maximum absolute atomic E-state index is 12.1. The van der Waals surface area contributed by atoms with Crippen LogP contribution in [0.2, 0.25) is 0 Å². The monoisotopic (exact) mass is 260 g/mol. The summed E-state index contributed by atoms with van der Waals surface area (Å²) in [7, 11) is 0. The number of benzene rings is 1. The van der Waals surface area contributed by atoms with Gasteiger partial charge in [0.2, 0.25) is 0 Å². The van der Waals surface area contributed by atoms with Crippen molar-refractivity contribution in [2.45, 2.75) is 33.2 Å². The molecule has 2 aromatic rings. The van der Waals surface area contributed by atoms with Crippen LogP contribution in [0.25, 0.3) is 10.9 Å². The molecule has 0 aliphatic rings. The van der Waals surface area contributed by atoms with Gasteiger partial charge in [0.15, 0.2) is 5.69 Å². The summed E-state index contributed by atoms with van der Waals surface area (Å²) in [5.74, 6) is -0.340. The topological polar surface area (TPSA) is 57.2 Å². The molecule has 0 atom stereocenters. The van der Waals surface area contributed by atoms with Crippen molar-refractivity contribution in [3.05, 3.63) is 30.0 Å². The third-order valence-corrected chi connectivity index (χ3v) is 3.21. The number of para-hydroxylation sites is 1. The quantitative estimate of drug-likeness (QED) is 0.840. The maximum atomic E-state index is 12.1. The number of hydrogen-bond donors (Lipinski definition) is 1. The number of esters is 1. The molecule has 1 heterocycles. The molecule has 0 aliphatic carbocycles. The van der Waals surface area contributed by atoms with E-state index in [1.165, 1.54) is 0 Å². The van der Waals surface area contributed by atoms with Gasteiger partial charge in [-0.05, 0) is 19.4 Å². The normalized spacial score (nSPS) is 10.8. The SMILES string of the molecule is CCCCn1c(C(=O)OCC)c(N)c2ccccc21. The number of unbranched alkanes of at least 4 members (excludes halogenated alkanes) is 1. The lowest BCUT2D eigenvalue weighted by molar-refractivity contribution is 0.0515. The number of nitrogens with two attached hydrogens (primary N) is 1. The van der Waals surface area contributed by atoms with Gasteiger partial charge in [-0.25, -0.2) is 4.79 Å². The Morgan fingerprint density at radius 2 is 2.05 bits per heavy atom. The molecule has 0 spiro atoms. The molecule has 4 heteroatoms. The van der Waals surface area contributed by atoms with Gasteiger partial charge in [-0.15, -0.1) is 0 Å². The Morgan fingerprint density at radius 3 is 2.74 bits per heavy atom. The Kier molecular flexibility index (Phi) is 4.10. The first kappa shape index (κ1) is 13.5. The molecular weight excluding hydrogens is 240 g/mol. The molecule has 19 heavy (non-hydrogen) atoms. The molecule has 0 fully saturated rings. The molecule has 0 saturated carbocycles. The molecule has 0 amide bonds. The van der Waals surface area contributed by atoms with E-state index in [1.54, 1.807) is 6.92 Å². The van der Waals surface area contributed by atoms with Crippen LogP contribution in [-0.2, 0) is 11.3 Å². The first-order chi connectivity index (χ1) is 9.20. The fourth-order valence-corrected chi connectivity index (χ4v) is 2.30. The average Bonchev–Trinajstić information content (AvgIpc) is 2.70. The van der Waals surface area contributed by atoms with E-state index in [9.17, 15) is 4.79 Å². The molecule has 2 N–H and O–H groups in total. The van der Waals surface area contributed by atoms with Crippen LogP contribution in [0.4, 0.5) is 5.69 Å².